The molecule has 0 saturated carbocycles. The van der Waals surface area contributed by atoms with Gasteiger partial charge in [-0.3, -0.25) is 4.90 Å². The summed E-state index contributed by atoms with van der Waals surface area (Å²) in [5.41, 5.74) is 4.01. The van der Waals surface area contributed by atoms with Gasteiger partial charge in [-0.15, -0.1) is 0 Å². The molecule has 0 fully saturated rings. The van der Waals surface area contributed by atoms with Crippen molar-refractivity contribution in [1.82, 2.24) is 4.90 Å². The van der Waals surface area contributed by atoms with E-state index in [0.29, 0.717) is 5.92 Å². The summed E-state index contributed by atoms with van der Waals surface area (Å²) in [6.07, 6.45) is 0. The summed E-state index contributed by atoms with van der Waals surface area (Å²) in [6.45, 7) is 6.58. The van der Waals surface area contributed by atoms with Crippen LogP contribution in [0.3, 0.4) is 0 Å². The topological polar surface area (TPSA) is 3.24 Å². The Kier molecular flexibility index (Phi) is 4.23. The van der Waals surface area contributed by atoms with Crippen LogP contribution in [0.15, 0.2) is 18.2 Å². The summed E-state index contributed by atoms with van der Waals surface area (Å²) in [6, 6.07) is 6.68. The lowest BCUT2D eigenvalue weighted by Crippen LogP contribution is -2.16. The van der Waals surface area contributed by atoms with Gasteiger partial charge in [0.15, 0.2) is 0 Å². The Bertz CT molecular complexity index is 331. The van der Waals surface area contributed by atoms with Crippen molar-refractivity contribution in [3.63, 3.8) is 0 Å². The fourth-order valence-corrected chi connectivity index (χ4v) is 1.85. The molecule has 0 N–H and O–H groups in total. The van der Waals surface area contributed by atoms with Gasteiger partial charge in [0.05, 0.1) is 5.37 Å². The first kappa shape index (κ1) is 12.6. The third-order valence-electron chi connectivity index (χ3n) is 2.74. The molecule has 1 aromatic carbocycles. The lowest BCUT2D eigenvalue weighted by atomic mass is 9.97. The van der Waals surface area contributed by atoms with Gasteiger partial charge in [-0.05, 0) is 43.6 Å². The van der Waals surface area contributed by atoms with Crippen molar-refractivity contribution in [2.24, 2.45) is 0 Å². The zero-order valence-corrected chi connectivity index (χ0v) is 11.2. The van der Waals surface area contributed by atoms with Crippen LogP contribution in [0.25, 0.3) is 0 Å². The van der Waals surface area contributed by atoms with Crippen LogP contribution in [0, 0.1) is 6.92 Å². The highest BCUT2D eigenvalue weighted by molar-refractivity contribution is 7.80. The van der Waals surface area contributed by atoms with Gasteiger partial charge in [0, 0.05) is 0 Å². The molecule has 0 aromatic heterocycles. The highest BCUT2D eigenvalue weighted by Gasteiger charge is 2.12. The van der Waals surface area contributed by atoms with E-state index in [1.807, 2.05) is 0 Å². The fourth-order valence-electron chi connectivity index (χ4n) is 1.57. The van der Waals surface area contributed by atoms with Gasteiger partial charge in [0.25, 0.3) is 0 Å². The van der Waals surface area contributed by atoms with E-state index in [9.17, 15) is 0 Å². The summed E-state index contributed by atoms with van der Waals surface area (Å²) in [7, 11) is 4.11. The van der Waals surface area contributed by atoms with Crippen LogP contribution < -0.4 is 0 Å². The predicted octanol–water partition coefficient (Wildman–Crippen LogP) is 3.61. The van der Waals surface area contributed by atoms with Crippen molar-refractivity contribution < 1.29 is 0 Å². The van der Waals surface area contributed by atoms with Crippen molar-refractivity contribution in [1.29, 1.82) is 0 Å². The van der Waals surface area contributed by atoms with Crippen LogP contribution in [0.5, 0.6) is 0 Å². The molecule has 2 heteroatoms. The summed E-state index contributed by atoms with van der Waals surface area (Å²) >= 11 is 4.63. The van der Waals surface area contributed by atoms with Crippen molar-refractivity contribution in [2.45, 2.75) is 32.1 Å². The molecule has 1 atom stereocenters. The molecule has 0 radical (unpaired) electrons. The van der Waals surface area contributed by atoms with Gasteiger partial charge in [-0.2, -0.15) is 12.6 Å². The number of thiol groups is 1. The molecule has 84 valence electrons. The molecule has 0 aliphatic carbocycles. The van der Waals surface area contributed by atoms with Crippen LogP contribution >= 0.6 is 12.6 Å². The summed E-state index contributed by atoms with van der Waals surface area (Å²) in [5.74, 6) is 0.576. The third kappa shape index (κ3) is 2.99. The van der Waals surface area contributed by atoms with Gasteiger partial charge >= 0.3 is 0 Å². The van der Waals surface area contributed by atoms with E-state index >= 15 is 0 Å². The third-order valence-corrected chi connectivity index (χ3v) is 3.48. The van der Waals surface area contributed by atoms with E-state index in [1.165, 1.54) is 16.7 Å². The first-order chi connectivity index (χ1) is 6.93. The van der Waals surface area contributed by atoms with E-state index in [-0.39, 0.29) is 5.37 Å². The molecule has 0 amide bonds. The standard InChI is InChI=1S/C13H21NS/c1-9(2)11-7-6-10(3)12(8-11)13(15)14(4)5/h6-9,13,15H,1-5H3. The van der Waals surface area contributed by atoms with E-state index in [1.54, 1.807) is 0 Å². The zero-order chi connectivity index (χ0) is 11.6. The largest absolute Gasteiger partial charge is 0.294 e. The van der Waals surface area contributed by atoms with Gasteiger partial charge < -0.3 is 0 Å². The Labute approximate surface area is 98.9 Å². The molecule has 0 saturated heterocycles. The van der Waals surface area contributed by atoms with Crippen LogP contribution in [-0.4, -0.2) is 19.0 Å². The maximum absolute atomic E-state index is 4.63. The van der Waals surface area contributed by atoms with E-state index < -0.39 is 0 Å². The Balaban J connectivity index is 3.10. The van der Waals surface area contributed by atoms with Crippen LogP contribution in [0.2, 0.25) is 0 Å². The van der Waals surface area contributed by atoms with E-state index in [0.717, 1.165) is 0 Å². The molecular formula is C13H21NS. The SMILES string of the molecule is Cc1ccc(C(C)C)cc1C(S)N(C)C. The van der Waals surface area contributed by atoms with E-state index in [4.69, 9.17) is 0 Å². The lowest BCUT2D eigenvalue weighted by molar-refractivity contribution is 0.392. The second-order valence-electron chi connectivity index (χ2n) is 4.61. The Morgan fingerprint density at radius 3 is 2.27 bits per heavy atom. The fraction of sp³-hybridized carbons (Fsp3) is 0.538. The number of hydrogen-bond donors (Lipinski definition) is 1. The lowest BCUT2D eigenvalue weighted by Gasteiger charge is -2.22. The maximum Gasteiger partial charge on any atom is 0.0782 e. The quantitative estimate of drug-likeness (QED) is 0.605. The highest BCUT2D eigenvalue weighted by Crippen LogP contribution is 2.28. The Morgan fingerprint density at radius 1 is 1.20 bits per heavy atom. The molecule has 1 nitrogen and oxygen atoms in total. The second kappa shape index (κ2) is 5.04. The number of aryl methyl sites for hydroxylation is 1. The van der Waals surface area contributed by atoms with Gasteiger partial charge in [-0.25, -0.2) is 0 Å². The number of nitrogens with zero attached hydrogens (tertiary/aromatic N) is 1. The molecule has 0 aliphatic rings. The Morgan fingerprint density at radius 2 is 1.80 bits per heavy atom. The van der Waals surface area contributed by atoms with E-state index in [2.05, 4.69) is 70.6 Å². The van der Waals surface area contributed by atoms with Gasteiger partial charge in [0.1, 0.15) is 0 Å². The van der Waals surface area contributed by atoms with Gasteiger partial charge in [0.2, 0.25) is 0 Å². The smallest absolute Gasteiger partial charge is 0.0782 e. The van der Waals surface area contributed by atoms with Crippen molar-refractivity contribution >= 4 is 12.6 Å². The number of hydrogen-bond acceptors (Lipinski definition) is 2. The summed E-state index contributed by atoms with van der Waals surface area (Å²) in [4.78, 5) is 2.12. The molecule has 0 bridgehead atoms. The number of benzene rings is 1. The van der Waals surface area contributed by atoms with Crippen molar-refractivity contribution in [2.75, 3.05) is 14.1 Å². The Hall–Kier alpha value is -0.470. The average molecular weight is 223 g/mol. The average Bonchev–Trinajstić information content (AvgIpc) is 2.16. The predicted molar refractivity (Wildman–Crippen MR) is 70.7 cm³/mol. The van der Waals surface area contributed by atoms with Crippen molar-refractivity contribution in [3.05, 3.63) is 34.9 Å². The summed E-state index contributed by atoms with van der Waals surface area (Å²) in [5, 5.41) is 0.184. The molecule has 15 heavy (non-hydrogen) atoms. The molecule has 1 aromatic rings. The van der Waals surface area contributed by atoms with Crippen LogP contribution in [-0.2, 0) is 0 Å². The molecular weight excluding hydrogens is 202 g/mol. The minimum absolute atomic E-state index is 0.184. The molecule has 0 spiro atoms. The molecule has 1 unspecified atom stereocenters. The second-order valence-corrected chi connectivity index (χ2v) is 5.10. The summed E-state index contributed by atoms with van der Waals surface area (Å²) < 4.78 is 0. The molecule has 0 heterocycles. The normalized spacial score (nSPS) is 13.6. The minimum atomic E-state index is 0.184. The van der Waals surface area contributed by atoms with Crippen LogP contribution in [0.1, 0.15) is 41.8 Å². The van der Waals surface area contributed by atoms with Crippen molar-refractivity contribution in [3.8, 4) is 0 Å². The monoisotopic (exact) mass is 223 g/mol. The maximum atomic E-state index is 4.63. The zero-order valence-electron chi connectivity index (χ0n) is 10.3. The van der Waals surface area contributed by atoms with Gasteiger partial charge in [-0.1, -0.05) is 32.0 Å². The molecule has 0 aliphatic heterocycles. The minimum Gasteiger partial charge on any atom is -0.294 e. The first-order valence-electron chi connectivity index (χ1n) is 5.38. The first-order valence-corrected chi connectivity index (χ1v) is 5.90. The molecule has 1 rings (SSSR count). The van der Waals surface area contributed by atoms with Crippen LogP contribution in [0.4, 0.5) is 0 Å². The number of rotatable bonds is 3. The highest BCUT2D eigenvalue weighted by atomic mass is 32.1.